The van der Waals surface area contributed by atoms with Crippen molar-refractivity contribution in [3.8, 4) is 5.75 Å². The Morgan fingerprint density at radius 1 is 1.03 bits per heavy atom. The minimum absolute atomic E-state index is 0.0534. The summed E-state index contributed by atoms with van der Waals surface area (Å²) in [6.07, 6.45) is 0. The number of esters is 1. The molecule has 0 bridgehead atoms. The summed E-state index contributed by atoms with van der Waals surface area (Å²) in [5.41, 5.74) is 1.03. The molecule has 10 heteroatoms. The van der Waals surface area contributed by atoms with Crippen LogP contribution in [0.25, 0.3) is 10.8 Å². The molecular weight excluding hydrogens is 465 g/mol. The van der Waals surface area contributed by atoms with E-state index in [1.165, 1.54) is 37.4 Å². The van der Waals surface area contributed by atoms with Crippen molar-refractivity contribution in [3.63, 3.8) is 0 Å². The summed E-state index contributed by atoms with van der Waals surface area (Å²) in [6.45, 7) is 1.18. The molecule has 3 aromatic rings. The van der Waals surface area contributed by atoms with E-state index in [4.69, 9.17) is 32.7 Å². The van der Waals surface area contributed by atoms with E-state index in [0.717, 1.165) is 5.56 Å². The highest BCUT2D eigenvalue weighted by Crippen LogP contribution is 2.36. The lowest BCUT2D eigenvalue weighted by Crippen LogP contribution is -2.34. The second-order valence-corrected chi connectivity index (χ2v) is 9.11. The fourth-order valence-electron chi connectivity index (χ4n) is 2.84. The lowest BCUT2D eigenvalue weighted by molar-refractivity contribution is -0.121. The standard InChI is InChI=1S/C21H17Cl2NO6S/c1-12-3-5-16(6-4-12)31(27,28)24-19(25)11-30-18-9-14(21(26)29-2)7-13-8-15(22)10-17(23)20(13)18/h3-10H,11H2,1-2H3,(H,24,25). The minimum atomic E-state index is -4.06. The highest BCUT2D eigenvalue weighted by molar-refractivity contribution is 7.90. The summed E-state index contributed by atoms with van der Waals surface area (Å²) in [7, 11) is -2.84. The van der Waals surface area contributed by atoms with E-state index >= 15 is 0 Å². The molecule has 0 aliphatic carbocycles. The Hall–Kier alpha value is -2.81. The molecule has 0 heterocycles. The molecule has 0 fully saturated rings. The van der Waals surface area contributed by atoms with Gasteiger partial charge in [-0.05, 0) is 48.7 Å². The van der Waals surface area contributed by atoms with Crippen molar-refractivity contribution in [3.05, 3.63) is 69.7 Å². The van der Waals surface area contributed by atoms with Crippen LogP contribution in [0.2, 0.25) is 10.0 Å². The second kappa shape index (κ2) is 9.13. The van der Waals surface area contributed by atoms with Gasteiger partial charge in [-0.25, -0.2) is 17.9 Å². The summed E-state index contributed by atoms with van der Waals surface area (Å²) in [5, 5.41) is 1.48. The van der Waals surface area contributed by atoms with Crippen LogP contribution < -0.4 is 9.46 Å². The largest absolute Gasteiger partial charge is 0.483 e. The molecule has 31 heavy (non-hydrogen) atoms. The molecule has 0 aliphatic rings. The molecule has 162 valence electrons. The number of amides is 1. The number of benzene rings is 3. The highest BCUT2D eigenvalue weighted by Gasteiger charge is 2.19. The SMILES string of the molecule is COC(=O)c1cc(OCC(=O)NS(=O)(=O)c2ccc(C)cc2)c2c(Cl)cc(Cl)cc2c1. The van der Waals surface area contributed by atoms with Gasteiger partial charge >= 0.3 is 5.97 Å². The smallest absolute Gasteiger partial charge is 0.338 e. The predicted octanol–water partition coefficient (Wildman–Crippen LogP) is 4.13. The van der Waals surface area contributed by atoms with Crippen molar-refractivity contribution >= 4 is 55.9 Å². The van der Waals surface area contributed by atoms with Crippen molar-refractivity contribution in [2.45, 2.75) is 11.8 Å². The lowest BCUT2D eigenvalue weighted by Gasteiger charge is -2.13. The van der Waals surface area contributed by atoms with Crippen LogP contribution in [0.5, 0.6) is 5.75 Å². The molecule has 3 aromatic carbocycles. The maximum Gasteiger partial charge on any atom is 0.338 e. The van der Waals surface area contributed by atoms with Gasteiger partial charge in [-0.15, -0.1) is 0 Å². The Balaban J connectivity index is 1.86. The number of nitrogens with one attached hydrogen (secondary N) is 1. The summed E-state index contributed by atoms with van der Waals surface area (Å²) >= 11 is 12.3. The van der Waals surface area contributed by atoms with E-state index in [9.17, 15) is 18.0 Å². The number of hydrogen-bond donors (Lipinski definition) is 1. The molecule has 1 amide bonds. The molecular formula is C21H17Cl2NO6S. The first-order valence-corrected chi connectivity index (χ1v) is 11.1. The maximum atomic E-state index is 12.4. The molecule has 0 atom stereocenters. The summed E-state index contributed by atoms with van der Waals surface area (Å²) in [6, 6.07) is 12.0. The van der Waals surface area contributed by atoms with E-state index in [2.05, 4.69) is 0 Å². The normalized spacial score (nSPS) is 11.2. The number of fused-ring (bicyclic) bond motifs is 1. The number of halogens is 2. The quantitative estimate of drug-likeness (QED) is 0.531. The summed E-state index contributed by atoms with van der Waals surface area (Å²) in [5.74, 6) is -1.43. The molecule has 0 spiro atoms. The summed E-state index contributed by atoms with van der Waals surface area (Å²) in [4.78, 5) is 24.2. The van der Waals surface area contributed by atoms with Gasteiger partial charge in [0.25, 0.3) is 15.9 Å². The first kappa shape index (κ1) is 22.9. The molecule has 1 N–H and O–H groups in total. The van der Waals surface area contributed by atoms with Gasteiger partial charge in [0.1, 0.15) is 5.75 Å². The third kappa shape index (κ3) is 5.28. The van der Waals surface area contributed by atoms with Gasteiger partial charge in [0, 0.05) is 10.4 Å². The first-order chi connectivity index (χ1) is 14.6. The molecule has 0 saturated carbocycles. The zero-order valence-corrected chi connectivity index (χ0v) is 18.8. The van der Waals surface area contributed by atoms with Gasteiger partial charge in [0.05, 0.1) is 22.6 Å². The second-order valence-electron chi connectivity index (χ2n) is 6.58. The number of aryl methyl sites for hydroxylation is 1. The van der Waals surface area contributed by atoms with Crippen molar-refractivity contribution in [1.29, 1.82) is 0 Å². The van der Waals surface area contributed by atoms with Crippen LogP contribution in [0.4, 0.5) is 0 Å². The maximum absolute atomic E-state index is 12.4. The topological polar surface area (TPSA) is 98.8 Å². The van der Waals surface area contributed by atoms with Crippen LogP contribution in [0.3, 0.4) is 0 Å². The molecule has 0 unspecified atom stereocenters. The monoisotopic (exact) mass is 481 g/mol. The number of hydrogen-bond acceptors (Lipinski definition) is 6. The molecule has 7 nitrogen and oxygen atoms in total. The van der Waals surface area contributed by atoms with Gasteiger partial charge < -0.3 is 9.47 Å². The Morgan fingerprint density at radius 2 is 1.71 bits per heavy atom. The van der Waals surface area contributed by atoms with Crippen molar-refractivity contribution in [2.24, 2.45) is 0 Å². The van der Waals surface area contributed by atoms with Gasteiger partial charge in [0.2, 0.25) is 0 Å². The molecule has 0 aliphatic heterocycles. The van der Waals surface area contributed by atoms with Crippen LogP contribution in [-0.2, 0) is 19.6 Å². The number of rotatable bonds is 6. The third-order valence-corrected chi connectivity index (χ3v) is 6.19. The van der Waals surface area contributed by atoms with Crippen LogP contribution >= 0.6 is 23.2 Å². The van der Waals surface area contributed by atoms with E-state index in [0.29, 0.717) is 15.8 Å². The number of sulfonamides is 1. The summed E-state index contributed by atoms with van der Waals surface area (Å²) < 4.78 is 36.9. The van der Waals surface area contributed by atoms with Gasteiger partial charge in [-0.1, -0.05) is 40.9 Å². The Labute approximate surface area is 188 Å². The van der Waals surface area contributed by atoms with E-state index in [1.807, 2.05) is 11.6 Å². The predicted molar refractivity (Wildman–Crippen MR) is 117 cm³/mol. The van der Waals surface area contributed by atoms with Crippen LogP contribution in [-0.4, -0.2) is 34.0 Å². The van der Waals surface area contributed by atoms with E-state index < -0.39 is 28.5 Å². The highest BCUT2D eigenvalue weighted by atomic mass is 35.5. The molecule has 0 aromatic heterocycles. The Morgan fingerprint density at radius 3 is 2.35 bits per heavy atom. The lowest BCUT2D eigenvalue weighted by atomic mass is 10.1. The van der Waals surface area contributed by atoms with Crippen LogP contribution in [0.1, 0.15) is 15.9 Å². The molecule has 3 rings (SSSR count). The average Bonchev–Trinajstić information content (AvgIpc) is 2.70. The third-order valence-electron chi connectivity index (χ3n) is 4.29. The van der Waals surface area contributed by atoms with Crippen molar-refractivity contribution in [2.75, 3.05) is 13.7 Å². The van der Waals surface area contributed by atoms with Crippen LogP contribution in [0, 0.1) is 6.92 Å². The number of carbonyl (C=O) groups excluding carboxylic acids is 2. The van der Waals surface area contributed by atoms with Gasteiger partial charge in [0.15, 0.2) is 6.61 Å². The average molecular weight is 482 g/mol. The number of carbonyl (C=O) groups is 2. The Bertz CT molecular complexity index is 1270. The number of ether oxygens (including phenoxy) is 2. The van der Waals surface area contributed by atoms with Gasteiger partial charge in [-0.3, -0.25) is 4.79 Å². The Kier molecular flexibility index (Phi) is 6.74. The van der Waals surface area contributed by atoms with Crippen LogP contribution in [0.15, 0.2) is 53.4 Å². The van der Waals surface area contributed by atoms with Crippen molar-refractivity contribution < 1.29 is 27.5 Å². The first-order valence-electron chi connectivity index (χ1n) is 8.87. The number of methoxy groups -OCH3 is 1. The molecule has 0 saturated heterocycles. The molecule has 0 radical (unpaired) electrons. The fraction of sp³-hybridized carbons (Fsp3) is 0.143. The van der Waals surface area contributed by atoms with E-state index in [-0.39, 0.29) is 21.2 Å². The minimum Gasteiger partial charge on any atom is -0.483 e. The van der Waals surface area contributed by atoms with Gasteiger partial charge in [-0.2, -0.15) is 0 Å². The zero-order chi connectivity index (χ0) is 22.8. The fourth-order valence-corrected chi connectivity index (χ4v) is 4.41. The van der Waals surface area contributed by atoms with E-state index in [1.54, 1.807) is 18.2 Å². The van der Waals surface area contributed by atoms with Crippen molar-refractivity contribution in [1.82, 2.24) is 4.72 Å². The zero-order valence-electron chi connectivity index (χ0n) is 16.4.